The molecule has 2 heterocycles. The van der Waals surface area contributed by atoms with E-state index in [9.17, 15) is 5.11 Å². The standard InChI is InChI=1S/C11H15NO2/c13-11(3-7-14-8-4-11)9-10-1-5-12-6-2-10/h1-2,5-6,13H,3-4,7-9H2. The summed E-state index contributed by atoms with van der Waals surface area (Å²) in [5.41, 5.74) is 0.573. The van der Waals surface area contributed by atoms with E-state index in [4.69, 9.17) is 4.74 Å². The van der Waals surface area contributed by atoms with Gasteiger partial charge in [-0.1, -0.05) is 0 Å². The molecule has 2 rings (SSSR count). The zero-order valence-corrected chi connectivity index (χ0v) is 8.15. The number of pyridine rings is 1. The van der Waals surface area contributed by atoms with Crippen LogP contribution >= 0.6 is 0 Å². The average molecular weight is 193 g/mol. The van der Waals surface area contributed by atoms with Crippen LogP contribution in [0.4, 0.5) is 0 Å². The monoisotopic (exact) mass is 193 g/mol. The third-order valence-corrected chi connectivity index (χ3v) is 2.71. The van der Waals surface area contributed by atoms with E-state index in [1.54, 1.807) is 12.4 Å². The van der Waals surface area contributed by atoms with Crippen LogP contribution in [0.5, 0.6) is 0 Å². The van der Waals surface area contributed by atoms with Crippen molar-refractivity contribution in [3.05, 3.63) is 30.1 Å². The highest BCUT2D eigenvalue weighted by atomic mass is 16.5. The third-order valence-electron chi connectivity index (χ3n) is 2.71. The van der Waals surface area contributed by atoms with Crippen molar-refractivity contribution < 1.29 is 9.84 Å². The van der Waals surface area contributed by atoms with Crippen LogP contribution in [0, 0.1) is 0 Å². The maximum Gasteiger partial charge on any atom is 0.0731 e. The first-order chi connectivity index (χ1) is 6.79. The molecular weight excluding hydrogens is 178 g/mol. The minimum absolute atomic E-state index is 0.570. The summed E-state index contributed by atoms with van der Waals surface area (Å²) in [5, 5.41) is 10.2. The molecule has 1 aliphatic rings. The van der Waals surface area contributed by atoms with Crippen molar-refractivity contribution >= 4 is 0 Å². The van der Waals surface area contributed by atoms with Gasteiger partial charge in [0, 0.05) is 32.0 Å². The molecule has 0 bridgehead atoms. The molecule has 1 saturated heterocycles. The fourth-order valence-corrected chi connectivity index (χ4v) is 1.81. The van der Waals surface area contributed by atoms with Crippen molar-refractivity contribution in [3.63, 3.8) is 0 Å². The van der Waals surface area contributed by atoms with Gasteiger partial charge in [-0.05, 0) is 30.5 Å². The molecule has 0 spiro atoms. The molecule has 0 saturated carbocycles. The molecular formula is C11H15NO2. The summed E-state index contributed by atoms with van der Waals surface area (Å²) in [6, 6.07) is 3.90. The second kappa shape index (κ2) is 4.07. The quantitative estimate of drug-likeness (QED) is 0.766. The molecule has 0 aromatic carbocycles. The first-order valence-electron chi connectivity index (χ1n) is 4.98. The van der Waals surface area contributed by atoms with E-state index in [0.717, 1.165) is 18.4 Å². The number of hydrogen-bond donors (Lipinski definition) is 1. The van der Waals surface area contributed by atoms with Crippen LogP contribution in [0.2, 0.25) is 0 Å². The van der Waals surface area contributed by atoms with E-state index in [-0.39, 0.29) is 0 Å². The second-order valence-corrected chi connectivity index (χ2v) is 3.87. The lowest BCUT2D eigenvalue weighted by molar-refractivity contribution is -0.0625. The predicted octanol–water partition coefficient (Wildman–Crippen LogP) is 1.17. The fourth-order valence-electron chi connectivity index (χ4n) is 1.81. The molecule has 0 radical (unpaired) electrons. The Morgan fingerprint density at radius 2 is 1.93 bits per heavy atom. The van der Waals surface area contributed by atoms with Crippen LogP contribution in [0.3, 0.4) is 0 Å². The van der Waals surface area contributed by atoms with Gasteiger partial charge in [0.05, 0.1) is 5.60 Å². The Morgan fingerprint density at radius 3 is 2.57 bits per heavy atom. The lowest BCUT2D eigenvalue weighted by Gasteiger charge is -2.32. The molecule has 3 heteroatoms. The highest BCUT2D eigenvalue weighted by molar-refractivity contribution is 5.13. The van der Waals surface area contributed by atoms with Crippen molar-refractivity contribution in [2.75, 3.05) is 13.2 Å². The Kier molecular flexibility index (Phi) is 2.79. The van der Waals surface area contributed by atoms with E-state index in [0.29, 0.717) is 19.6 Å². The predicted molar refractivity (Wildman–Crippen MR) is 52.9 cm³/mol. The van der Waals surface area contributed by atoms with Crippen LogP contribution in [-0.2, 0) is 11.2 Å². The van der Waals surface area contributed by atoms with Gasteiger partial charge in [-0.25, -0.2) is 0 Å². The minimum Gasteiger partial charge on any atom is -0.389 e. The van der Waals surface area contributed by atoms with Gasteiger partial charge >= 0.3 is 0 Å². The van der Waals surface area contributed by atoms with Gasteiger partial charge < -0.3 is 9.84 Å². The Labute approximate surface area is 83.7 Å². The molecule has 0 amide bonds. The molecule has 0 unspecified atom stereocenters. The summed E-state index contributed by atoms with van der Waals surface area (Å²) in [6.07, 6.45) is 5.69. The first kappa shape index (κ1) is 9.62. The highest BCUT2D eigenvalue weighted by Gasteiger charge is 2.29. The van der Waals surface area contributed by atoms with Crippen LogP contribution in [0.25, 0.3) is 0 Å². The van der Waals surface area contributed by atoms with Crippen molar-refractivity contribution in [3.8, 4) is 0 Å². The maximum absolute atomic E-state index is 10.2. The molecule has 1 fully saturated rings. The lowest BCUT2D eigenvalue weighted by Crippen LogP contribution is -2.38. The maximum atomic E-state index is 10.2. The van der Waals surface area contributed by atoms with E-state index in [2.05, 4.69) is 4.98 Å². The zero-order valence-electron chi connectivity index (χ0n) is 8.15. The first-order valence-corrected chi connectivity index (χ1v) is 4.98. The molecule has 14 heavy (non-hydrogen) atoms. The van der Waals surface area contributed by atoms with Gasteiger partial charge in [0.1, 0.15) is 0 Å². The SMILES string of the molecule is OC1(Cc2ccncc2)CCOCC1. The Bertz CT molecular complexity index is 281. The number of aliphatic hydroxyl groups is 1. The minimum atomic E-state index is -0.570. The van der Waals surface area contributed by atoms with Crippen molar-refractivity contribution in [2.24, 2.45) is 0 Å². The zero-order chi connectivity index (χ0) is 9.86. The normalized spacial score (nSPS) is 20.6. The van der Waals surface area contributed by atoms with Crippen LogP contribution in [0.1, 0.15) is 18.4 Å². The summed E-state index contributed by atoms with van der Waals surface area (Å²) in [7, 11) is 0. The number of rotatable bonds is 2. The molecule has 76 valence electrons. The third kappa shape index (κ3) is 2.30. The van der Waals surface area contributed by atoms with Crippen molar-refractivity contribution in [1.29, 1.82) is 0 Å². The molecule has 1 aliphatic heterocycles. The number of hydrogen-bond acceptors (Lipinski definition) is 3. The van der Waals surface area contributed by atoms with E-state index >= 15 is 0 Å². The smallest absolute Gasteiger partial charge is 0.0731 e. The van der Waals surface area contributed by atoms with Crippen LogP contribution in [0.15, 0.2) is 24.5 Å². The molecule has 1 aromatic heterocycles. The highest BCUT2D eigenvalue weighted by Crippen LogP contribution is 2.24. The molecule has 0 aliphatic carbocycles. The average Bonchev–Trinajstić information content (AvgIpc) is 2.19. The number of aromatic nitrogens is 1. The van der Waals surface area contributed by atoms with Gasteiger partial charge in [0.25, 0.3) is 0 Å². The Morgan fingerprint density at radius 1 is 1.29 bits per heavy atom. The largest absolute Gasteiger partial charge is 0.389 e. The fraction of sp³-hybridized carbons (Fsp3) is 0.545. The van der Waals surface area contributed by atoms with E-state index in [1.165, 1.54) is 0 Å². The van der Waals surface area contributed by atoms with Crippen molar-refractivity contribution in [2.45, 2.75) is 24.9 Å². The summed E-state index contributed by atoms with van der Waals surface area (Å²) >= 11 is 0. The Hall–Kier alpha value is -0.930. The van der Waals surface area contributed by atoms with E-state index < -0.39 is 5.60 Å². The van der Waals surface area contributed by atoms with Crippen LogP contribution < -0.4 is 0 Å². The summed E-state index contributed by atoms with van der Waals surface area (Å²) in [4.78, 5) is 3.95. The lowest BCUT2D eigenvalue weighted by atomic mass is 9.88. The van der Waals surface area contributed by atoms with E-state index in [1.807, 2.05) is 12.1 Å². The Balaban J connectivity index is 2.02. The summed E-state index contributed by atoms with van der Waals surface area (Å²) in [6.45, 7) is 1.34. The van der Waals surface area contributed by atoms with Gasteiger partial charge in [-0.3, -0.25) is 4.98 Å². The summed E-state index contributed by atoms with van der Waals surface area (Å²) in [5.74, 6) is 0. The van der Waals surface area contributed by atoms with Gasteiger partial charge in [-0.2, -0.15) is 0 Å². The van der Waals surface area contributed by atoms with Gasteiger partial charge in [-0.15, -0.1) is 0 Å². The molecule has 1 N–H and O–H groups in total. The molecule has 0 atom stereocenters. The molecule has 1 aromatic rings. The number of ether oxygens (including phenoxy) is 1. The summed E-state index contributed by atoms with van der Waals surface area (Å²) < 4.78 is 5.23. The second-order valence-electron chi connectivity index (χ2n) is 3.87. The molecule has 3 nitrogen and oxygen atoms in total. The van der Waals surface area contributed by atoms with Gasteiger partial charge in [0.15, 0.2) is 0 Å². The topological polar surface area (TPSA) is 42.4 Å². The number of nitrogens with zero attached hydrogens (tertiary/aromatic N) is 1. The van der Waals surface area contributed by atoms with Crippen LogP contribution in [-0.4, -0.2) is 28.9 Å². The van der Waals surface area contributed by atoms with Gasteiger partial charge in [0.2, 0.25) is 0 Å². The van der Waals surface area contributed by atoms with Crippen molar-refractivity contribution in [1.82, 2.24) is 4.98 Å².